The van der Waals surface area contributed by atoms with Crippen molar-refractivity contribution in [3.63, 3.8) is 0 Å². The SMILES string of the molecule is O=S(=O)([O-])CCCc1cc(O)cc2ccccc12.[Na+]. The molecule has 4 nitrogen and oxygen atoms in total. The average molecular weight is 288 g/mol. The second kappa shape index (κ2) is 6.72. The minimum Gasteiger partial charge on any atom is -0.748 e. The Kier molecular flexibility index (Phi) is 5.82. The van der Waals surface area contributed by atoms with Crippen molar-refractivity contribution in [2.45, 2.75) is 12.8 Å². The molecule has 0 saturated carbocycles. The van der Waals surface area contributed by atoms with Crippen molar-refractivity contribution in [3.8, 4) is 5.75 Å². The molecule has 0 aliphatic rings. The van der Waals surface area contributed by atoms with Gasteiger partial charge in [0.15, 0.2) is 0 Å². The van der Waals surface area contributed by atoms with Crippen LogP contribution in [0.4, 0.5) is 0 Å². The standard InChI is InChI=1S/C13H14O4S.Na/c14-12-8-10-4-1-2-6-13(10)11(9-12)5-3-7-18(15,16)17;/h1-2,4,6,8-9,14H,3,5,7H2,(H,15,16,17);/q;+1/p-1. The maximum absolute atomic E-state index is 10.5. The Morgan fingerprint density at radius 3 is 2.53 bits per heavy atom. The molecule has 0 bridgehead atoms. The third-order valence-corrected chi connectivity index (χ3v) is 3.56. The summed E-state index contributed by atoms with van der Waals surface area (Å²) in [6.45, 7) is 0. The number of phenols is 1. The molecule has 0 amide bonds. The molecule has 0 saturated heterocycles. The summed E-state index contributed by atoms with van der Waals surface area (Å²) in [5.41, 5.74) is 0.856. The van der Waals surface area contributed by atoms with Crippen LogP contribution in [0.5, 0.6) is 5.75 Å². The number of aryl methyl sites for hydroxylation is 1. The maximum atomic E-state index is 10.5. The molecule has 96 valence electrons. The molecule has 2 aromatic rings. The number of hydrogen-bond acceptors (Lipinski definition) is 4. The minimum atomic E-state index is -4.17. The number of aromatic hydroxyl groups is 1. The Balaban J connectivity index is 0.00000180. The molecule has 0 unspecified atom stereocenters. The molecule has 0 atom stereocenters. The number of fused-ring (bicyclic) bond motifs is 1. The second-order valence-electron chi connectivity index (χ2n) is 4.19. The second-order valence-corrected chi connectivity index (χ2v) is 5.71. The Morgan fingerprint density at radius 1 is 1.16 bits per heavy atom. The summed E-state index contributed by atoms with van der Waals surface area (Å²) in [5.74, 6) is -0.231. The Bertz CT molecular complexity index is 667. The fourth-order valence-electron chi connectivity index (χ4n) is 2.02. The van der Waals surface area contributed by atoms with Crippen molar-refractivity contribution < 1.29 is 47.6 Å². The molecular formula is C13H13NaO4S. The van der Waals surface area contributed by atoms with E-state index in [1.165, 1.54) is 0 Å². The van der Waals surface area contributed by atoms with Gasteiger partial charge in [-0.25, -0.2) is 8.42 Å². The summed E-state index contributed by atoms with van der Waals surface area (Å²) in [5, 5.41) is 11.5. The van der Waals surface area contributed by atoms with Crippen LogP contribution in [-0.4, -0.2) is 23.8 Å². The zero-order valence-electron chi connectivity index (χ0n) is 10.7. The van der Waals surface area contributed by atoms with Crippen LogP contribution < -0.4 is 29.6 Å². The van der Waals surface area contributed by atoms with Crippen LogP contribution >= 0.6 is 0 Å². The van der Waals surface area contributed by atoms with Crippen LogP contribution in [0.2, 0.25) is 0 Å². The van der Waals surface area contributed by atoms with Crippen LogP contribution in [0.1, 0.15) is 12.0 Å². The Labute approximate surface area is 134 Å². The minimum absolute atomic E-state index is 0. The van der Waals surface area contributed by atoms with Crippen molar-refractivity contribution in [2.75, 3.05) is 5.75 Å². The summed E-state index contributed by atoms with van der Waals surface area (Å²) < 4.78 is 31.6. The van der Waals surface area contributed by atoms with Crippen LogP contribution in [-0.2, 0) is 16.5 Å². The average Bonchev–Trinajstić information content (AvgIpc) is 2.27. The van der Waals surface area contributed by atoms with Gasteiger partial charge >= 0.3 is 29.6 Å². The molecule has 0 spiro atoms. The van der Waals surface area contributed by atoms with Gasteiger partial charge in [-0.1, -0.05) is 24.3 Å². The molecule has 0 fully saturated rings. The Morgan fingerprint density at radius 2 is 1.84 bits per heavy atom. The van der Waals surface area contributed by atoms with E-state index in [1.54, 1.807) is 12.1 Å². The van der Waals surface area contributed by atoms with Crippen LogP contribution in [0.3, 0.4) is 0 Å². The van der Waals surface area contributed by atoms with E-state index in [0.717, 1.165) is 16.3 Å². The first-order chi connectivity index (χ1) is 8.46. The number of hydrogen-bond donors (Lipinski definition) is 1. The van der Waals surface area contributed by atoms with Crippen LogP contribution in [0.15, 0.2) is 36.4 Å². The van der Waals surface area contributed by atoms with Gasteiger partial charge in [0.2, 0.25) is 0 Å². The smallest absolute Gasteiger partial charge is 0.748 e. The van der Waals surface area contributed by atoms with E-state index < -0.39 is 10.1 Å². The van der Waals surface area contributed by atoms with E-state index in [-0.39, 0.29) is 47.5 Å². The molecule has 0 radical (unpaired) electrons. The molecular weight excluding hydrogens is 275 g/mol. The molecule has 6 heteroatoms. The predicted octanol–water partition coefficient (Wildman–Crippen LogP) is -0.973. The molecule has 0 heterocycles. The van der Waals surface area contributed by atoms with Gasteiger partial charge in [0.05, 0.1) is 10.1 Å². The molecule has 0 aromatic heterocycles. The van der Waals surface area contributed by atoms with Crippen molar-refractivity contribution >= 4 is 20.9 Å². The van der Waals surface area contributed by atoms with Crippen molar-refractivity contribution in [3.05, 3.63) is 42.0 Å². The summed E-state index contributed by atoms with van der Waals surface area (Å²) in [4.78, 5) is 0. The third kappa shape index (κ3) is 4.78. The first kappa shape index (κ1) is 16.5. The van der Waals surface area contributed by atoms with Gasteiger partial charge in [0.25, 0.3) is 0 Å². The van der Waals surface area contributed by atoms with Crippen molar-refractivity contribution in [2.24, 2.45) is 0 Å². The fourth-order valence-corrected chi connectivity index (χ4v) is 2.52. The van der Waals surface area contributed by atoms with E-state index in [9.17, 15) is 18.1 Å². The van der Waals surface area contributed by atoms with E-state index in [2.05, 4.69) is 0 Å². The number of rotatable bonds is 4. The molecule has 0 aliphatic carbocycles. The summed E-state index contributed by atoms with van der Waals surface area (Å²) in [6.07, 6.45) is 0.718. The van der Waals surface area contributed by atoms with Gasteiger partial charge in [-0.15, -0.1) is 0 Å². The zero-order chi connectivity index (χ0) is 13.2. The molecule has 0 aliphatic heterocycles. The summed E-state index contributed by atoms with van der Waals surface area (Å²) >= 11 is 0. The van der Waals surface area contributed by atoms with Gasteiger partial charge in [-0.3, -0.25) is 0 Å². The Hall–Kier alpha value is -0.590. The first-order valence-electron chi connectivity index (χ1n) is 5.60. The van der Waals surface area contributed by atoms with Gasteiger partial charge in [-0.05, 0) is 41.3 Å². The third-order valence-electron chi connectivity index (χ3n) is 2.77. The van der Waals surface area contributed by atoms with Crippen molar-refractivity contribution in [1.82, 2.24) is 0 Å². The first-order valence-corrected chi connectivity index (χ1v) is 7.18. The normalized spacial score (nSPS) is 11.2. The molecule has 2 aromatic carbocycles. The zero-order valence-corrected chi connectivity index (χ0v) is 13.5. The van der Waals surface area contributed by atoms with E-state index >= 15 is 0 Å². The van der Waals surface area contributed by atoms with Gasteiger partial charge in [0, 0.05) is 5.75 Å². The van der Waals surface area contributed by atoms with E-state index in [4.69, 9.17) is 0 Å². The van der Waals surface area contributed by atoms with E-state index in [1.807, 2.05) is 24.3 Å². The number of phenolic OH excluding ortho intramolecular Hbond substituents is 1. The topological polar surface area (TPSA) is 77.4 Å². The number of benzene rings is 2. The van der Waals surface area contributed by atoms with E-state index in [0.29, 0.717) is 6.42 Å². The van der Waals surface area contributed by atoms with Crippen molar-refractivity contribution in [1.29, 1.82) is 0 Å². The quantitative estimate of drug-likeness (QED) is 0.580. The fraction of sp³-hybridized carbons (Fsp3) is 0.231. The molecule has 1 N–H and O–H groups in total. The monoisotopic (exact) mass is 288 g/mol. The van der Waals surface area contributed by atoms with Gasteiger partial charge in [-0.2, -0.15) is 0 Å². The molecule has 19 heavy (non-hydrogen) atoms. The summed E-state index contributed by atoms with van der Waals surface area (Å²) in [7, 11) is -4.17. The largest absolute Gasteiger partial charge is 1.00 e. The van der Waals surface area contributed by atoms with Crippen LogP contribution in [0, 0.1) is 0 Å². The van der Waals surface area contributed by atoms with Gasteiger partial charge < -0.3 is 9.66 Å². The maximum Gasteiger partial charge on any atom is 1.00 e. The van der Waals surface area contributed by atoms with Gasteiger partial charge in [0.1, 0.15) is 5.75 Å². The summed E-state index contributed by atoms with van der Waals surface area (Å²) in [6, 6.07) is 10.8. The molecule has 2 rings (SSSR count). The van der Waals surface area contributed by atoms with Crippen LogP contribution in [0.25, 0.3) is 10.8 Å². The predicted molar refractivity (Wildman–Crippen MR) is 68.5 cm³/mol.